The highest BCUT2D eigenvalue weighted by atomic mass is 16.6. The monoisotopic (exact) mass is 267 g/mol. The largest absolute Gasteiger partial charge is 0.398 e. The maximum Gasteiger partial charge on any atom is 0.270 e. The summed E-state index contributed by atoms with van der Waals surface area (Å²) in [5.41, 5.74) is 5.77. The number of unbranched alkanes of at least 4 members (excludes halogenated alkanes) is 2. The number of amides is 1. The van der Waals surface area contributed by atoms with E-state index >= 15 is 0 Å². The molecule has 0 aliphatic rings. The Morgan fingerprint density at radius 1 is 1.37 bits per heavy atom. The predicted octanol–water partition coefficient (Wildman–Crippen LogP) is 1.07. The number of nitrogen functional groups attached to an aromatic ring is 1. The number of benzene rings is 1. The lowest BCUT2D eigenvalue weighted by atomic mass is 10.1. The molecule has 7 nitrogen and oxygen atoms in total. The molecule has 0 bridgehead atoms. The van der Waals surface area contributed by atoms with Gasteiger partial charge in [0.25, 0.3) is 11.6 Å². The van der Waals surface area contributed by atoms with E-state index in [1.165, 1.54) is 18.2 Å². The highest BCUT2D eigenvalue weighted by Crippen LogP contribution is 2.19. The average Bonchev–Trinajstić information content (AvgIpc) is 2.38. The third-order valence-electron chi connectivity index (χ3n) is 2.61. The first-order chi connectivity index (χ1) is 9.06. The molecule has 1 amide bonds. The van der Waals surface area contributed by atoms with Crippen LogP contribution in [0.15, 0.2) is 18.2 Å². The minimum absolute atomic E-state index is 0.108. The molecular formula is C12H17N3O4. The molecule has 0 atom stereocenters. The molecule has 1 rings (SSSR count). The topological polar surface area (TPSA) is 118 Å². The maximum absolute atomic E-state index is 11.8. The number of nitrogens with one attached hydrogen (secondary N) is 1. The van der Waals surface area contributed by atoms with E-state index in [9.17, 15) is 14.9 Å². The highest BCUT2D eigenvalue weighted by molar-refractivity contribution is 5.99. The quantitative estimate of drug-likeness (QED) is 0.295. The van der Waals surface area contributed by atoms with Crippen LogP contribution in [0.5, 0.6) is 0 Å². The highest BCUT2D eigenvalue weighted by Gasteiger charge is 2.14. The van der Waals surface area contributed by atoms with E-state index in [2.05, 4.69) is 5.32 Å². The second-order valence-corrected chi connectivity index (χ2v) is 4.07. The fourth-order valence-corrected chi connectivity index (χ4v) is 1.57. The van der Waals surface area contributed by atoms with Gasteiger partial charge in [0.15, 0.2) is 0 Å². The molecule has 0 spiro atoms. The lowest BCUT2D eigenvalue weighted by Crippen LogP contribution is -2.25. The number of nitrogens with two attached hydrogens (primary N) is 1. The van der Waals surface area contributed by atoms with Crippen LogP contribution in [0.3, 0.4) is 0 Å². The number of hydrogen-bond acceptors (Lipinski definition) is 5. The van der Waals surface area contributed by atoms with Crippen molar-refractivity contribution in [2.45, 2.75) is 19.3 Å². The third-order valence-corrected chi connectivity index (χ3v) is 2.61. The number of aliphatic hydroxyl groups excluding tert-OH is 1. The Labute approximate surface area is 110 Å². The Morgan fingerprint density at radius 2 is 2.11 bits per heavy atom. The van der Waals surface area contributed by atoms with Crippen molar-refractivity contribution in [2.75, 3.05) is 18.9 Å². The molecule has 0 fully saturated rings. The van der Waals surface area contributed by atoms with Crippen molar-refractivity contribution in [2.24, 2.45) is 0 Å². The number of nitrogens with zero attached hydrogens (tertiary/aromatic N) is 1. The summed E-state index contributed by atoms with van der Waals surface area (Å²) in [6, 6.07) is 3.77. The lowest BCUT2D eigenvalue weighted by molar-refractivity contribution is -0.384. The normalized spacial score (nSPS) is 10.2. The van der Waals surface area contributed by atoms with Crippen molar-refractivity contribution < 1.29 is 14.8 Å². The standard InChI is InChI=1S/C12H17N3O4/c13-11-5-4-9(15(18)19)8-10(11)12(17)14-6-2-1-3-7-16/h4-5,8,16H,1-3,6-7,13H2,(H,14,17). The number of aliphatic hydroxyl groups is 1. The van der Waals surface area contributed by atoms with Gasteiger partial charge in [-0.05, 0) is 25.3 Å². The van der Waals surface area contributed by atoms with Crippen molar-refractivity contribution >= 4 is 17.3 Å². The van der Waals surface area contributed by atoms with Gasteiger partial charge in [0.1, 0.15) is 0 Å². The third kappa shape index (κ3) is 4.55. The van der Waals surface area contributed by atoms with Crippen LogP contribution >= 0.6 is 0 Å². The molecule has 7 heteroatoms. The Bertz CT molecular complexity index is 462. The summed E-state index contributed by atoms with van der Waals surface area (Å²) in [5.74, 6) is -0.426. The van der Waals surface area contributed by atoms with Gasteiger partial charge >= 0.3 is 0 Å². The van der Waals surface area contributed by atoms with Gasteiger partial charge in [0.05, 0.1) is 10.5 Å². The summed E-state index contributed by atoms with van der Waals surface area (Å²) >= 11 is 0. The summed E-state index contributed by atoms with van der Waals surface area (Å²) in [4.78, 5) is 21.9. The molecular weight excluding hydrogens is 250 g/mol. The molecule has 1 aromatic carbocycles. The van der Waals surface area contributed by atoms with E-state index in [-0.39, 0.29) is 23.5 Å². The Balaban J connectivity index is 2.61. The van der Waals surface area contributed by atoms with Crippen LogP contribution in [0.25, 0.3) is 0 Å². The summed E-state index contributed by atoms with van der Waals surface area (Å²) in [5, 5.41) is 21.9. The Kier molecular flexibility index (Phi) is 5.74. The van der Waals surface area contributed by atoms with Crippen LogP contribution in [0, 0.1) is 10.1 Å². The first-order valence-corrected chi connectivity index (χ1v) is 5.99. The molecule has 104 valence electrons. The molecule has 0 saturated carbocycles. The zero-order valence-electron chi connectivity index (χ0n) is 10.5. The number of carbonyl (C=O) groups excluding carboxylic acids is 1. The van der Waals surface area contributed by atoms with Gasteiger partial charge in [-0.3, -0.25) is 14.9 Å². The number of non-ortho nitro benzene ring substituents is 1. The first-order valence-electron chi connectivity index (χ1n) is 5.99. The minimum Gasteiger partial charge on any atom is -0.398 e. The molecule has 4 N–H and O–H groups in total. The number of nitro groups is 1. The molecule has 0 heterocycles. The predicted molar refractivity (Wildman–Crippen MR) is 70.8 cm³/mol. The summed E-state index contributed by atoms with van der Waals surface area (Å²) in [6.45, 7) is 0.576. The van der Waals surface area contributed by atoms with Crippen molar-refractivity contribution in [1.29, 1.82) is 0 Å². The van der Waals surface area contributed by atoms with Crippen LogP contribution in [-0.4, -0.2) is 29.1 Å². The number of anilines is 1. The van der Waals surface area contributed by atoms with Gasteiger partial charge in [-0.1, -0.05) is 0 Å². The number of carbonyl (C=O) groups is 1. The van der Waals surface area contributed by atoms with E-state index in [4.69, 9.17) is 10.8 Å². The summed E-state index contributed by atoms with van der Waals surface area (Å²) in [7, 11) is 0. The van der Waals surface area contributed by atoms with E-state index in [1.54, 1.807) is 0 Å². The van der Waals surface area contributed by atoms with Crippen molar-refractivity contribution in [3.05, 3.63) is 33.9 Å². The van der Waals surface area contributed by atoms with Crippen LogP contribution in [-0.2, 0) is 0 Å². The van der Waals surface area contributed by atoms with Crippen molar-refractivity contribution in [3.8, 4) is 0 Å². The summed E-state index contributed by atoms with van der Waals surface area (Å²) in [6.07, 6.45) is 2.23. The maximum atomic E-state index is 11.8. The van der Waals surface area contributed by atoms with Crippen LogP contribution < -0.4 is 11.1 Å². The van der Waals surface area contributed by atoms with E-state index in [0.717, 1.165) is 12.8 Å². The fraction of sp³-hybridized carbons (Fsp3) is 0.417. The van der Waals surface area contributed by atoms with Gasteiger partial charge in [-0.15, -0.1) is 0 Å². The molecule has 0 aliphatic carbocycles. The lowest BCUT2D eigenvalue weighted by Gasteiger charge is -2.07. The zero-order chi connectivity index (χ0) is 14.3. The van der Waals surface area contributed by atoms with E-state index in [1.807, 2.05) is 0 Å². The molecule has 19 heavy (non-hydrogen) atoms. The van der Waals surface area contributed by atoms with Crippen LogP contribution in [0.2, 0.25) is 0 Å². The van der Waals surface area contributed by atoms with Gasteiger partial charge in [0.2, 0.25) is 0 Å². The zero-order valence-corrected chi connectivity index (χ0v) is 10.5. The van der Waals surface area contributed by atoms with E-state index in [0.29, 0.717) is 13.0 Å². The smallest absolute Gasteiger partial charge is 0.270 e. The fourth-order valence-electron chi connectivity index (χ4n) is 1.57. The van der Waals surface area contributed by atoms with Crippen LogP contribution in [0.4, 0.5) is 11.4 Å². The molecule has 0 unspecified atom stereocenters. The van der Waals surface area contributed by atoms with Gasteiger partial charge < -0.3 is 16.2 Å². The second-order valence-electron chi connectivity index (χ2n) is 4.07. The molecule has 0 aromatic heterocycles. The molecule has 1 aromatic rings. The average molecular weight is 267 g/mol. The second kappa shape index (κ2) is 7.32. The van der Waals surface area contributed by atoms with Gasteiger partial charge in [0, 0.05) is 31.0 Å². The minimum atomic E-state index is -0.572. The number of nitro benzene ring substituents is 1. The van der Waals surface area contributed by atoms with Gasteiger partial charge in [-0.25, -0.2) is 0 Å². The molecule has 0 radical (unpaired) electrons. The number of hydrogen-bond donors (Lipinski definition) is 3. The van der Waals surface area contributed by atoms with Crippen LogP contribution in [0.1, 0.15) is 29.6 Å². The summed E-state index contributed by atoms with van der Waals surface area (Å²) < 4.78 is 0. The SMILES string of the molecule is Nc1ccc([N+](=O)[O-])cc1C(=O)NCCCCCO. The Morgan fingerprint density at radius 3 is 2.74 bits per heavy atom. The molecule has 0 saturated heterocycles. The molecule has 0 aliphatic heterocycles. The van der Waals surface area contributed by atoms with E-state index < -0.39 is 10.8 Å². The van der Waals surface area contributed by atoms with Gasteiger partial charge in [-0.2, -0.15) is 0 Å². The first kappa shape index (κ1) is 14.9. The Hall–Kier alpha value is -2.15. The van der Waals surface area contributed by atoms with Crippen molar-refractivity contribution in [1.82, 2.24) is 5.32 Å². The van der Waals surface area contributed by atoms with Crippen molar-refractivity contribution in [3.63, 3.8) is 0 Å². The number of rotatable bonds is 7.